The molecule has 0 saturated heterocycles. The standard InChI is InChI=1S/C25H21ClN2O3/c1-17-22(25(29)28(27-17)21-10-6-9-20(26)15-21)13-19-11-12-23(24(14-19)30-2)31-16-18-7-4-3-5-8-18/h3-15H,16H2,1-2H3. The molecule has 0 fully saturated rings. The highest BCUT2D eigenvalue weighted by Gasteiger charge is 2.28. The lowest BCUT2D eigenvalue weighted by atomic mass is 10.1. The minimum Gasteiger partial charge on any atom is -0.493 e. The van der Waals surface area contributed by atoms with Crippen LogP contribution in [0.2, 0.25) is 5.02 Å². The third-order valence-electron chi connectivity index (χ3n) is 4.85. The topological polar surface area (TPSA) is 51.1 Å². The monoisotopic (exact) mass is 432 g/mol. The first-order valence-corrected chi connectivity index (χ1v) is 10.1. The number of ether oxygens (including phenoxy) is 2. The normalized spacial score (nSPS) is 14.7. The molecule has 31 heavy (non-hydrogen) atoms. The molecular formula is C25H21ClN2O3. The summed E-state index contributed by atoms with van der Waals surface area (Å²) in [4.78, 5) is 13.0. The molecule has 0 aliphatic carbocycles. The van der Waals surface area contributed by atoms with Gasteiger partial charge in [0.2, 0.25) is 0 Å². The van der Waals surface area contributed by atoms with Crippen molar-refractivity contribution < 1.29 is 14.3 Å². The zero-order valence-corrected chi connectivity index (χ0v) is 18.0. The van der Waals surface area contributed by atoms with Gasteiger partial charge in [-0.3, -0.25) is 4.79 Å². The van der Waals surface area contributed by atoms with Crippen molar-refractivity contribution in [1.82, 2.24) is 0 Å². The summed E-state index contributed by atoms with van der Waals surface area (Å²) in [5.41, 5.74) is 3.66. The van der Waals surface area contributed by atoms with E-state index in [1.165, 1.54) is 5.01 Å². The van der Waals surface area contributed by atoms with Gasteiger partial charge in [0.15, 0.2) is 11.5 Å². The van der Waals surface area contributed by atoms with Gasteiger partial charge in [-0.25, -0.2) is 0 Å². The number of hydrogen-bond acceptors (Lipinski definition) is 4. The van der Waals surface area contributed by atoms with E-state index in [2.05, 4.69) is 5.10 Å². The maximum Gasteiger partial charge on any atom is 0.280 e. The van der Waals surface area contributed by atoms with E-state index in [9.17, 15) is 4.79 Å². The Bertz CT molecular complexity index is 1170. The minimum absolute atomic E-state index is 0.205. The number of amides is 1. The number of rotatable bonds is 6. The number of nitrogens with zero attached hydrogens (tertiary/aromatic N) is 2. The quantitative estimate of drug-likeness (QED) is 0.467. The van der Waals surface area contributed by atoms with E-state index >= 15 is 0 Å². The van der Waals surface area contributed by atoms with Crippen molar-refractivity contribution in [2.75, 3.05) is 12.1 Å². The van der Waals surface area contributed by atoms with Crippen LogP contribution >= 0.6 is 11.6 Å². The molecule has 6 heteroatoms. The number of benzene rings is 3. The number of halogens is 1. The molecule has 0 saturated carbocycles. The molecule has 1 aliphatic rings. The third kappa shape index (κ3) is 4.62. The lowest BCUT2D eigenvalue weighted by Gasteiger charge is -2.12. The van der Waals surface area contributed by atoms with Crippen LogP contribution in [0.1, 0.15) is 18.1 Å². The smallest absolute Gasteiger partial charge is 0.280 e. The molecule has 4 rings (SSSR count). The second-order valence-electron chi connectivity index (χ2n) is 7.02. The van der Waals surface area contributed by atoms with E-state index in [4.69, 9.17) is 21.1 Å². The van der Waals surface area contributed by atoms with E-state index < -0.39 is 0 Å². The Morgan fingerprint density at radius 3 is 2.55 bits per heavy atom. The highest BCUT2D eigenvalue weighted by molar-refractivity contribution is 6.33. The molecule has 5 nitrogen and oxygen atoms in total. The number of hydrazone groups is 1. The molecule has 0 bridgehead atoms. The van der Waals surface area contributed by atoms with Crippen molar-refractivity contribution in [3.8, 4) is 11.5 Å². The second kappa shape index (κ2) is 9.06. The molecule has 0 aromatic heterocycles. The van der Waals surface area contributed by atoms with Gasteiger partial charge in [0.05, 0.1) is 24.1 Å². The number of carbonyl (C=O) groups is 1. The maximum atomic E-state index is 13.0. The summed E-state index contributed by atoms with van der Waals surface area (Å²) in [6.07, 6.45) is 1.80. The molecule has 0 N–H and O–H groups in total. The van der Waals surface area contributed by atoms with E-state index in [0.29, 0.717) is 40.1 Å². The summed E-state index contributed by atoms with van der Waals surface area (Å²) in [5.74, 6) is 1.03. The predicted octanol–water partition coefficient (Wildman–Crippen LogP) is 5.73. The van der Waals surface area contributed by atoms with Crippen LogP contribution in [-0.2, 0) is 11.4 Å². The Kier molecular flexibility index (Phi) is 6.05. The largest absolute Gasteiger partial charge is 0.493 e. The molecule has 3 aromatic carbocycles. The van der Waals surface area contributed by atoms with Crippen LogP contribution in [0.5, 0.6) is 11.5 Å². The van der Waals surface area contributed by atoms with Gasteiger partial charge in [-0.05, 0) is 54.5 Å². The van der Waals surface area contributed by atoms with Crippen LogP contribution < -0.4 is 14.5 Å². The van der Waals surface area contributed by atoms with Crippen molar-refractivity contribution in [2.24, 2.45) is 5.10 Å². The summed E-state index contributed by atoms with van der Waals surface area (Å²) in [6.45, 7) is 2.25. The van der Waals surface area contributed by atoms with Crippen LogP contribution in [0.4, 0.5) is 5.69 Å². The minimum atomic E-state index is -0.205. The van der Waals surface area contributed by atoms with Crippen molar-refractivity contribution in [2.45, 2.75) is 13.5 Å². The van der Waals surface area contributed by atoms with Gasteiger partial charge < -0.3 is 9.47 Å². The average molecular weight is 433 g/mol. The summed E-state index contributed by atoms with van der Waals surface area (Å²) < 4.78 is 11.4. The van der Waals surface area contributed by atoms with Crippen LogP contribution in [0.3, 0.4) is 0 Å². The van der Waals surface area contributed by atoms with Gasteiger partial charge in [-0.1, -0.05) is 54.1 Å². The van der Waals surface area contributed by atoms with Gasteiger partial charge in [0, 0.05) is 5.02 Å². The van der Waals surface area contributed by atoms with Crippen LogP contribution in [-0.4, -0.2) is 18.7 Å². The maximum absolute atomic E-state index is 13.0. The first kappa shape index (κ1) is 20.7. The van der Waals surface area contributed by atoms with E-state index in [-0.39, 0.29) is 5.91 Å². The Morgan fingerprint density at radius 2 is 1.81 bits per heavy atom. The fourth-order valence-electron chi connectivity index (χ4n) is 3.26. The Hall–Kier alpha value is -3.57. The Labute approximate surface area is 186 Å². The molecule has 156 valence electrons. The lowest BCUT2D eigenvalue weighted by Crippen LogP contribution is -2.21. The van der Waals surface area contributed by atoms with Crippen molar-refractivity contribution in [1.29, 1.82) is 0 Å². The van der Waals surface area contributed by atoms with Crippen molar-refractivity contribution in [3.05, 3.63) is 94.5 Å². The van der Waals surface area contributed by atoms with Crippen molar-refractivity contribution in [3.63, 3.8) is 0 Å². The molecule has 1 heterocycles. The second-order valence-corrected chi connectivity index (χ2v) is 7.46. The fraction of sp³-hybridized carbons (Fsp3) is 0.120. The average Bonchev–Trinajstić information content (AvgIpc) is 3.07. The predicted molar refractivity (Wildman–Crippen MR) is 124 cm³/mol. The summed E-state index contributed by atoms with van der Waals surface area (Å²) in [7, 11) is 1.59. The Balaban J connectivity index is 1.55. The summed E-state index contributed by atoms with van der Waals surface area (Å²) in [6, 6.07) is 22.5. The Morgan fingerprint density at radius 1 is 1.00 bits per heavy atom. The van der Waals surface area contributed by atoms with Gasteiger partial charge in [-0.15, -0.1) is 0 Å². The first-order valence-electron chi connectivity index (χ1n) is 9.77. The van der Waals surface area contributed by atoms with Gasteiger partial charge >= 0.3 is 0 Å². The molecular weight excluding hydrogens is 412 g/mol. The third-order valence-corrected chi connectivity index (χ3v) is 5.09. The highest BCUT2D eigenvalue weighted by atomic mass is 35.5. The zero-order valence-electron chi connectivity index (χ0n) is 17.2. The summed E-state index contributed by atoms with van der Waals surface area (Å²) >= 11 is 6.06. The molecule has 0 spiro atoms. The van der Waals surface area contributed by atoms with Crippen molar-refractivity contribution >= 4 is 35.0 Å². The number of anilines is 1. The van der Waals surface area contributed by atoms with Gasteiger partial charge in [-0.2, -0.15) is 10.1 Å². The van der Waals surface area contributed by atoms with E-state index in [1.807, 2.05) is 55.5 Å². The van der Waals surface area contributed by atoms with Crippen LogP contribution in [0.15, 0.2) is 83.5 Å². The molecule has 1 aliphatic heterocycles. The van der Waals surface area contributed by atoms with Gasteiger partial charge in [0.1, 0.15) is 6.61 Å². The molecule has 1 amide bonds. The highest BCUT2D eigenvalue weighted by Crippen LogP contribution is 2.31. The number of carbonyl (C=O) groups excluding carboxylic acids is 1. The molecule has 0 radical (unpaired) electrons. The van der Waals surface area contributed by atoms with Crippen LogP contribution in [0, 0.1) is 0 Å². The molecule has 0 atom stereocenters. The van der Waals surface area contributed by atoms with Gasteiger partial charge in [0.25, 0.3) is 5.91 Å². The summed E-state index contributed by atoms with van der Waals surface area (Å²) in [5, 5.41) is 6.31. The molecule has 0 unspecified atom stereocenters. The van der Waals surface area contributed by atoms with E-state index in [1.54, 1.807) is 37.5 Å². The SMILES string of the molecule is COc1cc(C=C2C(=O)N(c3cccc(Cl)c3)N=C2C)ccc1OCc1ccccc1. The van der Waals surface area contributed by atoms with Crippen LogP contribution in [0.25, 0.3) is 6.08 Å². The molecule has 3 aromatic rings. The van der Waals surface area contributed by atoms with E-state index in [0.717, 1.165) is 11.1 Å². The first-order chi connectivity index (χ1) is 15.0. The zero-order chi connectivity index (χ0) is 21.8. The number of methoxy groups -OCH3 is 1. The lowest BCUT2D eigenvalue weighted by molar-refractivity contribution is -0.114. The number of hydrogen-bond donors (Lipinski definition) is 0. The fourth-order valence-corrected chi connectivity index (χ4v) is 3.45.